The highest BCUT2D eigenvalue weighted by Gasteiger charge is 2.04. The maximum Gasteiger partial charge on any atom is 0.0946 e. The van der Waals surface area contributed by atoms with Crippen molar-refractivity contribution in [2.75, 3.05) is 13.2 Å². The van der Waals surface area contributed by atoms with Gasteiger partial charge in [-0.2, -0.15) is 0 Å². The summed E-state index contributed by atoms with van der Waals surface area (Å²) in [7, 11) is 0. The van der Waals surface area contributed by atoms with Gasteiger partial charge in [-0.05, 0) is 27.2 Å². The summed E-state index contributed by atoms with van der Waals surface area (Å²) in [6.45, 7) is 11.1. The number of hydrogen-bond acceptors (Lipinski definition) is 2. The van der Waals surface area contributed by atoms with E-state index in [-0.39, 0.29) is 6.10 Å². The lowest BCUT2D eigenvalue weighted by Gasteiger charge is -2.14. The SMILES string of the molecule is [CH2][C](C)OC(C)COCCCC. The highest BCUT2D eigenvalue weighted by atomic mass is 16.5. The van der Waals surface area contributed by atoms with Gasteiger partial charge in [-0.15, -0.1) is 0 Å². The van der Waals surface area contributed by atoms with Crippen LogP contribution in [-0.2, 0) is 9.47 Å². The van der Waals surface area contributed by atoms with E-state index in [2.05, 4.69) is 13.8 Å². The number of rotatable bonds is 7. The van der Waals surface area contributed by atoms with Crippen LogP contribution in [0.3, 0.4) is 0 Å². The van der Waals surface area contributed by atoms with Gasteiger partial charge in [0.05, 0.1) is 18.8 Å². The highest BCUT2D eigenvalue weighted by molar-refractivity contribution is 4.74. The molecule has 2 nitrogen and oxygen atoms in total. The first-order valence-electron chi connectivity index (χ1n) is 4.56. The molecule has 1 unspecified atom stereocenters. The molecule has 0 bridgehead atoms. The van der Waals surface area contributed by atoms with Gasteiger partial charge in [-0.3, -0.25) is 0 Å². The van der Waals surface area contributed by atoms with Crippen molar-refractivity contribution < 1.29 is 9.47 Å². The van der Waals surface area contributed by atoms with E-state index in [9.17, 15) is 0 Å². The van der Waals surface area contributed by atoms with Gasteiger partial charge in [0.2, 0.25) is 0 Å². The van der Waals surface area contributed by atoms with E-state index in [0.29, 0.717) is 6.61 Å². The molecule has 0 N–H and O–H groups in total. The van der Waals surface area contributed by atoms with E-state index >= 15 is 0 Å². The molecule has 12 heavy (non-hydrogen) atoms. The minimum absolute atomic E-state index is 0.124. The van der Waals surface area contributed by atoms with Crippen molar-refractivity contribution in [2.24, 2.45) is 0 Å². The molecule has 0 aromatic heterocycles. The molecule has 0 aliphatic carbocycles. The Morgan fingerprint density at radius 3 is 2.67 bits per heavy atom. The van der Waals surface area contributed by atoms with Crippen LogP contribution in [0.5, 0.6) is 0 Å². The van der Waals surface area contributed by atoms with Gasteiger partial charge in [-0.25, -0.2) is 0 Å². The second kappa shape index (κ2) is 7.56. The van der Waals surface area contributed by atoms with Gasteiger partial charge in [0, 0.05) is 6.61 Å². The molecule has 0 amide bonds. The van der Waals surface area contributed by atoms with Crippen LogP contribution in [0.1, 0.15) is 33.6 Å². The average molecular weight is 172 g/mol. The maximum atomic E-state index is 5.37. The smallest absolute Gasteiger partial charge is 0.0946 e. The summed E-state index contributed by atoms with van der Waals surface area (Å²) in [5.41, 5.74) is 0. The standard InChI is InChI=1S/C10H20O2/c1-5-6-7-11-8-10(4)12-9(2)3/h10H,2,5-8H2,1,3-4H3. The summed E-state index contributed by atoms with van der Waals surface area (Å²) >= 11 is 0. The van der Waals surface area contributed by atoms with Crippen LogP contribution < -0.4 is 0 Å². The fourth-order valence-electron chi connectivity index (χ4n) is 0.873. The second-order valence-electron chi connectivity index (χ2n) is 3.06. The predicted molar refractivity (Wildman–Crippen MR) is 50.5 cm³/mol. The lowest BCUT2D eigenvalue weighted by molar-refractivity contribution is 0.00801. The largest absolute Gasteiger partial charge is 0.379 e. The molecule has 0 spiro atoms. The first kappa shape index (κ1) is 11.9. The van der Waals surface area contributed by atoms with E-state index in [1.165, 1.54) is 6.42 Å². The van der Waals surface area contributed by atoms with Crippen LogP contribution in [-0.4, -0.2) is 19.3 Å². The van der Waals surface area contributed by atoms with Crippen molar-refractivity contribution in [3.05, 3.63) is 13.0 Å². The summed E-state index contributed by atoms with van der Waals surface area (Å²) in [5, 5.41) is 0. The third kappa shape index (κ3) is 8.02. The molecule has 0 saturated carbocycles. The van der Waals surface area contributed by atoms with Crippen LogP contribution in [0.2, 0.25) is 0 Å². The lowest BCUT2D eigenvalue weighted by atomic mass is 10.3. The zero-order valence-corrected chi connectivity index (χ0v) is 8.43. The number of ether oxygens (including phenoxy) is 2. The normalized spacial score (nSPS) is 13.8. The number of hydrogen-bond donors (Lipinski definition) is 0. The molecule has 0 aliphatic heterocycles. The van der Waals surface area contributed by atoms with E-state index < -0.39 is 0 Å². The average Bonchev–Trinajstić information content (AvgIpc) is 1.97. The minimum Gasteiger partial charge on any atom is -0.379 e. The molecule has 0 heterocycles. The first-order valence-corrected chi connectivity index (χ1v) is 4.56. The molecule has 0 rings (SSSR count). The highest BCUT2D eigenvalue weighted by Crippen LogP contribution is 2.03. The summed E-state index contributed by atoms with van der Waals surface area (Å²) in [6.07, 6.45) is 3.18. The Labute approximate surface area is 76.3 Å². The third-order valence-electron chi connectivity index (χ3n) is 1.40. The minimum atomic E-state index is 0.124. The summed E-state index contributed by atoms with van der Waals surface area (Å²) in [5.74, 6) is 0. The molecule has 72 valence electrons. The Hall–Kier alpha value is -0.0800. The van der Waals surface area contributed by atoms with Gasteiger partial charge < -0.3 is 9.47 Å². The third-order valence-corrected chi connectivity index (χ3v) is 1.40. The molecular formula is C10H20O2. The van der Waals surface area contributed by atoms with Crippen molar-refractivity contribution in [2.45, 2.75) is 39.7 Å². The van der Waals surface area contributed by atoms with E-state index in [1.54, 1.807) is 0 Å². The Morgan fingerprint density at radius 2 is 2.17 bits per heavy atom. The Kier molecular flexibility index (Phi) is 7.51. The first-order chi connectivity index (χ1) is 5.66. The van der Waals surface area contributed by atoms with Crippen LogP contribution in [0.15, 0.2) is 0 Å². The van der Waals surface area contributed by atoms with Crippen LogP contribution in [0.25, 0.3) is 0 Å². The van der Waals surface area contributed by atoms with Crippen LogP contribution >= 0.6 is 0 Å². The topological polar surface area (TPSA) is 18.5 Å². The molecule has 0 aromatic rings. The van der Waals surface area contributed by atoms with Gasteiger partial charge >= 0.3 is 0 Å². The van der Waals surface area contributed by atoms with Crippen LogP contribution in [0, 0.1) is 13.0 Å². The number of unbranched alkanes of at least 4 members (excludes halogenated alkanes) is 1. The van der Waals surface area contributed by atoms with Crippen molar-refractivity contribution in [3.8, 4) is 0 Å². The summed E-state index contributed by atoms with van der Waals surface area (Å²) < 4.78 is 10.7. The van der Waals surface area contributed by atoms with Crippen molar-refractivity contribution in [3.63, 3.8) is 0 Å². The molecule has 2 radical (unpaired) electrons. The van der Waals surface area contributed by atoms with Gasteiger partial charge in [-0.1, -0.05) is 13.3 Å². The lowest BCUT2D eigenvalue weighted by Crippen LogP contribution is -2.17. The molecule has 0 saturated heterocycles. The van der Waals surface area contributed by atoms with Gasteiger partial charge in [0.1, 0.15) is 0 Å². The van der Waals surface area contributed by atoms with Crippen LogP contribution in [0.4, 0.5) is 0 Å². The predicted octanol–water partition coefficient (Wildman–Crippen LogP) is 2.59. The molecular weight excluding hydrogens is 152 g/mol. The fraction of sp³-hybridized carbons (Fsp3) is 0.800. The van der Waals surface area contributed by atoms with Crippen molar-refractivity contribution >= 4 is 0 Å². The monoisotopic (exact) mass is 172 g/mol. The van der Waals surface area contributed by atoms with Gasteiger partial charge in [0.25, 0.3) is 0 Å². The zero-order valence-electron chi connectivity index (χ0n) is 8.43. The maximum absolute atomic E-state index is 5.37. The van der Waals surface area contributed by atoms with E-state index in [4.69, 9.17) is 9.47 Å². The molecule has 0 fully saturated rings. The fourth-order valence-corrected chi connectivity index (χ4v) is 0.873. The zero-order chi connectivity index (χ0) is 9.40. The Bertz CT molecular complexity index is 91.8. The van der Waals surface area contributed by atoms with Gasteiger partial charge in [0.15, 0.2) is 0 Å². The molecule has 2 heteroatoms. The quantitative estimate of drug-likeness (QED) is 0.549. The molecule has 0 aromatic carbocycles. The summed E-state index contributed by atoms with van der Waals surface area (Å²) in [4.78, 5) is 0. The molecule has 1 atom stereocenters. The molecule has 0 aliphatic rings. The van der Waals surface area contributed by atoms with Crippen molar-refractivity contribution in [1.29, 1.82) is 0 Å². The Balaban J connectivity index is 3.14. The summed E-state index contributed by atoms with van der Waals surface area (Å²) in [6, 6.07) is 0. The Morgan fingerprint density at radius 1 is 1.50 bits per heavy atom. The van der Waals surface area contributed by atoms with E-state index in [1.807, 2.05) is 13.8 Å². The second-order valence-corrected chi connectivity index (χ2v) is 3.06. The van der Waals surface area contributed by atoms with Crippen molar-refractivity contribution in [1.82, 2.24) is 0 Å². The van der Waals surface area contributed by atoms with E-state index in [0.717, 1.165) is 19.1 Å².